The van der Waals surface area contributed by atoms with Gasteiger partial charge in [-0.05, 0) is 31.5 Å². The molecule has 4 rings (SSSR count). The van der Waals surface area contributed by atoms with Gasteiger partial charge in [-0.1, -0.05) is 42.5 Å². The lowest BCUT2D eigenvalue weighted by atomic mass is 9.98. The van der Waals surface area contributed by atoms with E-state index in [1.807, 2.05) is 55.5 Å². The molecule has 1 N–H and O–H groups in total. The van der Waals surface area contributed by atoms with Crippen molar-refractivity contribution in [1.29, 1.82) is 0 Å². The zero-order valence-corrected chi connectivity index (χ0v) is 17.9. The number of benzene rings is 2. The first-order valence-corrected chi connectivity index (χ1v) is 10.3. The van der Waals surface area contributed by atoms with Crippen molar-refractivity contribution >= 4 is 22.8 Å². The molecule has 162 valence electrons. The number of hydrogen-bond donors (Lipinski definition) is 1. The van der Waals surface area contributed by atoms with Gasteiger partial charge in [-0.2, -0.15) is 0 Å². The molecule has 1 unspecified atom stereocenters. The minimum Gasteiger partial charge on any atom is -0.486 e. The molecule has 0 fully saturated rings. The first-order chi connectivity index (χ1) is 15.0. The summed E-state index contributed by atoms with van der Waals surface area (Å²) in [6, 6.07) is 16.8. The Balaban J connectivity index is 1.68. The molecule has 0 bridgehead atoms. The third-order valence-corrected chi connectivity index (χ3v) is 5.74. The van der Waals surface area contributed by atoms with Crippen LogP contribution < -0.4 is 10.1 Å². The molecular formula is C24H26N2O5. The van der Waals surface area contributed by atoms with Crippen LogP contribution in [0.1, 0.15) is 36.0 Å². The number of hydrogen-bond acceptors (Lipinski definition) is 5. The number of carbonyl (C=O) groups is 2. The summed E-state index contributed by atoms with van der Waals surface area (Å²) in [6.45, 7) is 4.11. The van der Waals surface area contributed by atoms with Gasteiger partial charge in [0.1, 0.15) is 12.2 Å². The lowest BCUT2D eigenvalue weighted by molar-refractivity contribution is -0.133. The fourth-order valence-corrected chi connectivity index (χ4v) is 3.84. The molecular weight excluding hydrogens is 396 g/mol. The van der Waals surface area contributed by atoms with Crippen LogP contribution in [-0.2, 0) is 9.53 Å². The number of fused-ring (bicyclic) bond motifs is 3. The van der Waals surface area contributed by atoms with Crippen LogP contribution >= 0.6 is 0 Å². The van der Waals surface area contributed by atoms with Gasteiger partial charge in [0, 0.05) is 13.7 Å². The Bertz CT molecular complexity index is 1090. The predicted molar refractivity (Wildman–Crippen MR) is 116 cm³/mol. The number of nitrogens with zero attached hydrogens (tertiary/aromatic N) is 1. The number of amides is 2. The zero-order valence-electron chi connectivity index (χ0n) is 17.9. The van der Waals surface area contributed by atoms with Gasteiger partial charge >= 0.3 is 0 Å². The quantitative estimate of drug-likeness (QED) is 0.657. The third kappa shape index (κ3) is 3.77. The number of rotatable bonds is 6. The van der Waals surface area contributed by atoms with Gasteiger partial charge in [-0.3, -0.25) is 9.59 Å². The standard InChI is InChI=1S/C24H26N2O5/c1-16(17-9-5-4-6-10-17)25-23(28)24(2)15-30-20-18-11-7-8-12-19(18)31-21(20)22(27)26(24)13-14-29-3/h4-12,16H,13-15H2,1-3H3,(H,25,28)/t16-,24?/m0/s1. The number of nitrogens with one attached hydrogen (secondary N) is 1. The van der Waals surface area contributed by atoms with Crippen LogP contribution in [0.3, 0.4) is 0 Å². The van der Waals surface area contributed by atoms with Crippen LogP contribution in [0.15, 0.2) is 59.0 Å². The highest BCUT2D eigenvalue weighted by atomic mass is 16.5. The van der Waals surface area contributed by atoms with Gasteiger partial charge in [-0.25, -0.2) is 0 Å². The van der Waals surface area contributed by atoms with Crippen LogP contribution in [0, 0.1) is 0 Å². The molecule has 7 heteroatoms. The second-order valence-electron chi connectivity index (χ2n) is 7.87. The van der Waals surface area contributed by atoms with Gasteiger partial charge in [0.15, 0.2) is 11.3 Å². The first kappa shape index (κ1) is 20.9. The van der Waals surface area contributed by atoms with E-state index in [9.17, 15) is 9.59 Å². The molecule has 2 amide bonds. The Hall–Kier alpha value is -3.32. The number of para-hydroxylation sites is 1. The van der Waals surface area contributed by atoms with E-state index >= 15 is 0 Å². The van der Waals surface area contributed by atoms with Crippen molar-refractivity contribution in [2.75, 3.05) is 26.9 Å². The van der Waals surface area contributed by atoms with E-state index in [0.717, 1.165) is 5.56 Å². The van der Waals surface area contributed by atoms with Crippen molar-refractivity contribution in [3.63, 3.8) is 0 Å². The number of methoxy groups -OCH3 is 1. The topological polar surface area (TPSA) is 81.0 Å². The molecule has 0 radical (unpaired) electrons. The minimum atomic E-state index is -1.25. The maximum atomic E-state index is 13.5. The number of carbonyl (C=O) groups excluding carboxylic acids is 2. The van der Waals surface area contributed by atoms with Crippen LogP contribution in [0.4, 0.5) is 0 Å². The van der Waals surface area contributed by atoms with E-state index in [0.29, 0.717) is 16.7 Å². The van der Waals surface area contributed by atoms with Crippen molar-refractivity contribution in [2.45, 2.75) is 25.4 Å². The lowest BCUT2D eigenvalue weighted by Crippen LogP contribution is -2.62. The molecule has 2 heterocycles. The smallest absolute Gasteiger partial charge is 0.294 e. The monoisotopic (exact) mass is 422 g/mol. The summed E-state index contributed by atoms with van der Waals surface area (Å²) in [6.07, 6.45) is 0. The molecule has 0 saturated heterocycles. The summed E-state index contributed by atoms with van der Waals surface area (Å²) in [5.41, 5.74) is 0.293. The highest BCUT2D eigenvalue weighted by Gasteiger charge is 2.48. The summed E-state index contributed by atoms with van der Waals surface area (Å²) in [4.78, 5) is 28.4. The molecule has 1 aliphatic rings. The van der Waals surface area contributed by atoms with E-state index in [1.165, 1.54) is 4.90 Å². The minimum absolute atomic E-state index is 0.00761. The Labute approximate surface area is 180 Å². The van der Waals surface area contributed by atoms with Gasteiger partial charge in [0.25, 0.3) is 5.91 Å². The van der Waals surface area contributed by atoms with Crippen molar-refractivity contribution in [2.24, 2.45) is 0 Å². The molecule has 31 heavy (non-hydrogen) atoms. The van der Waals surface area contributed by atoms with Crippen LogP contribution in [0.2, 0.25) is 0 Å². The molecule has 2 aromatic carbocycles. The number of ether oxygens (including phenoxy) is 2. The second kappa shape index (κ2) is 8.43. The van der Waals surface area contributed by atoms with Crippen molar-refractivity contribution in [3.05, 3.63) is 65.9 Å². The normalized spacial score (nSPS) is 19.5. The van der Waals surface area contributed by atoms with E-state index in [4.69, 9.17) is 13.9 Å². The van der Waals surface area contributed by atoms with Gasteiger partial charge in [0.05, 0.1) is 18.0 Å². The average molecular weight is 422 g/mol. The average Bonchev–Trinajstić information content (AvgIpc) is 3.12. The Kier molecular flexibility index (Phi) is 5.69. The highest BCUT2D eigenvalue weighted by Crippen LogP contribution is 2.38. The Morgan fingerprint density at radius 3 is 2.65 bits per heavy atom. The lowest BCUT2D eigenvalue weighted by Gasteiger charge is -2.38. The van der Waals surface area contributed by atoms with E-state index in [1.54, 1.807) is 20.1 Å². The predicted octanol–water partition coefficient (Wildman–Crippen LogP) is 3.55. The fraction of sp³-hybridized carbons (Fsp3) is 0.333. The van der Waals surface area contributed by atoms with Crippen LogP contribution in [0.5, 0.6) is 5.75 Å². The maximum absolute atomic E-state index is 13.5. The zero-order chi connectivity index (χ0) is 22.0. The summed E-state index contributed by atoms with van der Waals surface area (Å²) in [7, 11) is 1.56. The largest absolute Gasteiger partial charge is 0.486 e. The van der Waals surface area contributed by atoms with E-state index in [-0.39, 0.29) is 37.5 Å². The molecule has 0 spiro atoms. The maximum Gasteiger partial charge on any atom is 0.294 e. The molecule has 0 aliphatic carbocycles. The van der Waals surface area contributed by atoms with Crippen LogP contribution in [-0.4, -0.2) is 49.1 Å². The molecule has 3 aromatic rings. The molecule has 1 aromatic heterocycles. The fourth-order valence-electron chi connectivity index (χ4n) is 3.84. The van der Waals surface area contributed by atoms with E-state index < -0.39 is 11.4 Å². The molecule has 7 nitrogen and oxygen atoms in total. The van der Waals surface area contributed by atoms with Crippen molar-refractivity contribution in [1.82, 2.24) is 10.2 Å². The van der Waals surface area contributed by atoms with Gasteiger partial charge in [0.2, 0.25) is 11.7 Å². The molecule has 2 atom stereocenters. The number of furan rings is 1. The Morgan fingerprint density at radius 1 is 1.19 bits per heavy atom. The van der Waals surface area contributed by atoms with Gasteiger partial charge < -0.3 is 24.1 Å². The van der Waals surface area contributed by atoms with Crippen LogP contribution in [0.25, 0.3) is 11.0 Å². The van der Waals surface area contributed by atoms with Gasteiger partial charge in [-0.15, -0.1) is 0 Å². The second-order valence-corrected chi connectivity index (χ2v) is 7.87. The SMILES string of the molecule is COCCN1C(=O)c2oc3ccccc3c2OCC1(C)C(=O)N[C@@H](C)c1ccccc1. The summed E-state index contributed by atoms with van der Waals surface area (Å²) >= 11 is 0. The van der Waals surface area contributed by atoms with Crippen molar-refractivity contribution < 1.29 is 23.5 Å². The summed E-state index contributed by atoms with van der Waals surface area (Å²) < 4.78 is 17.1. The first-order valence-electron chi connectivity index (χ1n) is 10.3. The summed E-state index contributed by atoms with van der Waals surface area (Å²) in [5.74, 6) is -0.228. The van der Waals surface area contributed by atoms with Crippen molar-refractivity contribution in [3.8, 4) is 5.75 Å². The third-order valence-electron chi connectivity index (χ3n) is 5.74. The highest BCUT2D eigenvalue weighted by molar-refractivity contribution is 6.04. The molecule has 0 saturated carbocycles. The molecule has 1 aliphatic heterocycles. The summed E-state index contributed by atoms with van der Waals surface area (Å²) in [5, 5.41) is 3.74. The Morgan fingerprint density at radius 2 is 1.90 bits per heavy atom. The van der Waals surface area contributed by atoms with E-state index in [2.05, 4.69) is 5.32 Å².